The van der Waals surface area contributed by atoms with Crippen LogP contribution in [-0.2, 0) is 9.59 Å². The van der Waals surface area contributed by atoms with Crippen LogP contribution < -0.4 is 5.32 Å². The third kappa shape index (κ3) is 3.59. The van der Waals surface area contributed by atoms with E-state index >= 15 is 0 Å². The Bertz CT molecular complexity index is 786. The van der Waals surface area contributed by atoms with Crippen LogP contribution in [0.4, 0.5) is 0 Å². The van der Waals surface area contributed by atoms with Crippen LogP contribution in [0.15, 0.2) is 24.3 Å². The number of H-pyrrole nitrogens is 1. The number of para-hydroxylation sites is 2. The molecule has 1 aliphatic rings. The van der Waals surface area contributed by atoms with Crippen LogP contribution in [0.1, 0.15) is 52.9 Å². The monoisotopic (exact) mass is 356 g/mol. The summed E-state index contributed by atoms with van der Waals surface area (Å²) in [6, 6.07) is 7.61. The van der Waals surface area contributed by atoms with Crippen molar-refractivity contribution < 1.29 is 9.59 Å². The van der Waals surface area contributed by atoms with Gasteiger partial charge >= 0.3 is 0 Å². The molecule has 0 aliphatic carbocycles. The molecule has 6 heteroatoms. The van der Waals surface area contributed by atoms with Gasteiger partial charge < -0.3 is 15.2 Å². The molecule has 1 aromatic heterocycles. The van der Waals surface area contributed by atoms with Crippen LogP contribution in [0.5, 0.6) is 0 Å². The summed E-state index contributed by atoms with van der Waals surface area (Å²) in [5, 5.41) is 3.12. The first-order valence-electron chi connectivity index (χ1n) is 9.22. The number of nitrogens with one attached hydrogen (secondary N) is 2. The number of benzene rings is 1. The van der Waals surface area contributed by atoms with E-state index in [4.69, 9.17) is 0 Å². The van der Waals surface area contributed by atoms with Gasteiger partial charge in [0.05, 0.1) is 23.0 Å². The average molecular weight is 356 g/mol. The summed E-state index contributed by atoms with van der Waals surface area (Å²) in [6.07, 6.45) is 0.272. The Kier molecular flexibility index (Phi) is 4.78. The van der Waals surface area contributed by atoms with E-state index in [0.29, 0.717) is 6.54 Å². The Morgan fingerprint density at radius 3 is 2.58 bits per heavy atom. The van der Waals surface area contributed by atoms with E-state index in [0.717, 1.165) is 16.9 Å². The average Bonchev–Trinajstić information content (AvgIpc) is 3.14. The van der Waals surface area contributed by atoms with Gasteiger partial charge in [0, 0.05) is 18.5 Å². The highest BCUT2D eigenvalue weighted by atomic mass is 16.2. The van der Waals surface area contributed by atoms with Crippen LogP contribution in [0.2, 0.25) is 0 Å². The van der Waals surface area contributed by atoms with E-state index < -0.39 is 0 Å². The molecular weight excluding hydrogens is 328 g/mol. The van der Waals surface area contributed by atoms with E-state index in [1.165, 1.54) is 0 Å². The Morgan fingerprint density at radius 1 is 1.31 bits per heavy atom. The molecule has 1 saturated heterocycles. The number of amides is 2. The molecule has 1 aromatic carbocycles. The largest absolute Gasteiger partial charge is 0.346 e. The fourth-order valence-corrected chi connectivity index (χ4v) is 3.47. The summed E-state index contributed by atoms with van der Waals surface area (Å²) >= 11 is 0. The number of rotatable bonds is 4. The zero-order chi connectivity index (χ0) is 19.1. The Balaban J connectivity index is 1.76. The molecule has 26 heavy (non-hydrogen) atoms. The highest BCUT2D eigenvalue weighted by Crippen LogP contribution is 2.28. The van der Waals surface area contributed by atoms with Crippen LogP contribution in [0, 0.1) is 11.8 Å². The molecule has 2 atom stereocenters. The molecular formula is C20H28N4O2. The molecule has 1 fully saturated rings. The van der Waals surface area contributed by atoms with Gasteiger partial charge in [-0.3, -0.25) is 9.59 Å². The molecule has 3 rings (SSSR count). The quantitative estimate of drug-likeness (QED) is 0.884. The van der Waals surface area contributed by atoms with Crippen LogP contribution in [-0.4, -0.2) is 38.8 Å². The number of carbonyl (C=O) groups excluding carboxylic acids is 2. The fraction of sp³-hybridized carbons (Fsp3) is 0.550. The fourth-order valence-electron chi connectivity index (χ4n) is 3.47. The first kappa shape index (κ1) is 18.4. The molecule has 1 aliphatic heterocycles. The standard InChI is InChI=1S/C20H28N4O2/c1-12(2)17(18-21-14-8-6-7-9-15(14)22-18)23-19(26)13-10-16(25)24(11-13)20(3,4)5/h6-9,12-13,17H,10-11H2,1-5H3,(H,21,22)(H,23,26)/t13-,17+/m1/s1. The van der Waals surface area contributed by atoms with Gasteiger partial charge in [0.25, 0.3) is 0 Å². The van der Waals surface area contributed by atoms with E-state index in [9.17, 15) is 9.59 Å². The molecule has 0 bridgehead atoms. The Hall–Kier alpha value is -2.37. The van der Waals surface area contributed by atoms with Gasteiger partial charge in [-0.1, -0.05) is 26.0 Å². The van der Waals surface area contributed by atoms with Crippen molar-refractivity contribution in [2.75, 3.05) is 6.54 Å². The molecule has 0 spiro atoms. The molecule has 0 radical (unpaired) electrons. The summed E-state index contributed by atoms with van der Waals surface area (Å²) in [5.74, 6) is 0.584. The highest BCUT2D eigenvalue weighted by Gasteiger charge is 2.40. The molecule has 2 aromatic rings. The molecule has 2 heterocycles. The van der Waals surface area contributed by atoms with Crippen molar-refractivity contribution in [3.05, 3.63) is 30.1 Å². The predicted octanol–water partition coefficient (Wildman–Crippen LogP) is 3.02. The number of aromatic amines is 1. The third-order valence-electron chi connectivity index (χ3n) is 4.97. The van der Waals surface area contributed by atoms with Crippen molar-refractivity contribution >= 4 is 22.8 Å². The number of fused-ring (bicyclic) bond motifs is 1. The van der Waals surface area contributed by atoms with Crippen LogP contribution in [0.3, 0.4) is 0 Å². The molecule has 0 unspecified atom stereocenters. The number of hydrogen-bond acceptors (Lipinski definition) is 3. The van der Waals surface area contributed by atoms with E-state index in [1.807, 2.05) is 45.0 Å². The highest BCUT2D eigenvalue weighted by molar-refractivity contribution is 5.89. The maximum Gasteiger partial charge on any atom is 0.226 e. The minimum absolute atomic E-state index is 0.0440. The maximum atomic E-state index is 12.8. The zero-order valence-electron chi connectivity index (χ0n) is 16.2. The molecule has 6 nitrogen and oxygen atoms in total. The van der Waals surface area contributed by atoms with Gasteiger partial charge in [0.15, 0.2) is 0 Å². The lowest BCUT2D eigenvalue weighted by molar-refractivity contribution is -0.132. The molecule has 0 saturated carbocycles. The summed E-state index contributed by atoms with van der Waals surface area (Å²) in [5.41, 5.74) is 1.58. The zero-order valence-corrected chi connectivity index (χ0v) is 16.2. The van der Waals surface area contributed by atoms with Crippen LogP contribution >= 0.6 is 0 Å². The lowest BCUT2D eigenvalue weighted by Gasteiger charge is -2.32. The second-order valence-corrected chi connectivity index (χ2v) is 8.45. The van der Waals surface area contributed by atoms with Gasteiger partial charge in [0.1, 0.15) is 5.82 Å². The third-order valence-corrected chi connectivity index (χ3v) is 4.97. The minimum Gasteiger partial charge on any atom is -0.346 e. The van der Waals surface area contributed by atoms with Crippen molar-refractivity contribution in [2.24, 2.45) is 11.8 Å². The second-order valence-electron chi connectivity index (χ2n) is 8.45. The van der Waals surface area contributed by atoms with E-state index in [-0.39, 0.29) is 41.7 Å². The minimum atomic E-state index is -0.313. The lowest BCUT2D eigenvalue weighted by Crippen LogP contribution is -2.43. The molecule has 2 N–H and O–H groups in total. The summed E-state index contributed by atoms with van der Waals surface area (Å²) in [4.78, 5) is 34.8. The number of aromatic nitrogens is 2. The van der Waals surface area contributed by atoms with Gasteiger partial charge in [0.2, 0.25) is 11.8 Å². The van der Waals surface area contributed by atoms with Gasteiger partial charge in [-0.05, 0) is 38.8 Å². The smallest absolute Gasteiger partial charge is 0.226 e. The Morgan fingerprint density at radius 2 is 2.00 bits per heavy atom. The number of hydrogen-bond donors (Lipinski definition) is 2. The molecule has 140 valence electrons. The second kappa shape index (κ2) is 6.74. The summed E-state index contributed by atoms with van der Waals surface area (Å²) < 4.78 is 0. The van der Waals surface area contributed by atoms with E-state index in [2.05, 4.69) is 29.1 Å². The first-order chi connectivity index (χ1) is 12.2. The SMILES string of the molecule is CC(C)[C@H](NC(=O)[C@@H]1CC(=O)N(C(C)(C)C)C1)c1nc2ccccc2[nH]1. The molecule has 2 amide bonds. The van der Waals surface area contributed by atoms with Crippen molar-refractivity contribution in [3.63, 3.8) is 0 Å². The Labute approximate surface area is 154 Å². The first-order valence-corrected chi connectivity index (χ1v) is 9.22. The van der Waals surface area contributed by atoms with Gasteiger partial charge in [-0.2, -0.15) is 0 Å². The van der Waals surface area contributed by atoms with Gasteiger partial charge in [-0.15, -0.1) is 0 Å². The van der Waals surface area contributed by atoms with Crippen molar-refractivity contribution in [2.45, 2.75) is 52.6 Å². The van der Waals surface area contributed by atoms with Crippen molar-refractivity contribution in [1.82, 2.24) is 20.2 Å². The number of carbonyl (C=O) groups is 2. The summed E-state index contributed by atoms with van der Waals surface area (Å²) in [7, 11) is 0. The number of nitrogens with zero attached hydrogens (tertiary/aromatic N) is 2. The number of likely N-dealkylation sites (tertiary alicyclic amines) is 1. The normalized spacial score (nSPS) is 19.4. The predicted molar refractivity (Wildman–Crippen MR) is 101 cm³/mol. The van der Waals surface area contributed by atoms with Gasteiger partial charge in [-0.25, -0.2) is 4.98 Å². The topological polar surface area (TPSA) is 78.1 Å². The maximum absolute atomic E-state index is 12.8. The van der Waals surface area contributed by atoms with Crippen molar-refractivity contribution in [1.29, 1.82) is 0 Å². The summed E-state index contributed by atoms with van der Waals surface area (Å²) in [6.45, 7) is 10.6. The van der Waals surface area contributed by atoms with Crippen LogP contribution in [0.25, 0.3) is 11.0 Å². The van der Waals surface area contributed by atoms with Crippen molar-refractivity contribution in [3.8, 4) is 0 Å². The van der Waals surface area contributed by atoms with E-state index in [1.54, 1.807) is 4.90 Å². The lowest BCUT2D eigenvalue weighted by atomic mass is 10.0. The number of imidazole rings is 1.